The molecule has 0 amide bonds. The molecule has 1 N–H and O–H groups in total. The van der Waals surface area contributed by atoms with Gasteiger partial charge in [-0.15, -0.1) is 0 Å². The van der Waals surface area contributed by atoms with Gasteiger partial charge in [-0.25, -0.2) is 4.39 Å². The van der Waals surface area contributed by atoms with Gasteiger partial charge in [-0.05, 0) is 43.1 Å². The first-order chi connectivity index (χ1) is 8.70. The van der Waals surface area contributed by atoms with Crippen molar-refractivity contribution in [1.82, 2.24) is 5.32 Å². The first-order valence-electron chi connectivity index (χ1n) is 6.45. The van der Waals surface area contributed by atoms with Gasteiger partial charge in [0, 0.05) is 23.0 Å². The molecule has 0 aromatic heterocycles. The second-order valence-corrected chi connectivity index (χ2v) is 5.64. The number of benzene rings is 1. The van der Waals surface area contributed by atoms with Crippen molar-refractivity contribution in [2.75, 3.05) is 19.8 Å². The Hall–Kier alpha value is -0.450. The SMILES string of the molecule is CCNC(Cc1cc(Br)ccc1F)C1CCOC1. The lowest BCUT2D eigenvalue weighted by Crippen LogP contribution is -2.38. The van der Waals surface area contributed by atoms with Crippen molar-refractivity contribution in [3.05, 3.63) is 34.1 Å². The first-order valence-corrected chi connectivity index (χ1v) is 7.25. The summed E-state index contributed by atoms with van der Waals surface area (Å²) in [5.74, 6) is 0.364. The second-order valence-electron chi connectivity index (χ2n) is 4.73. The van der Waals surface area contributed by atoms with Crippen LogP contribution in [-0.4, -0.2) is 25.8 Å². The third kappa shape index (κ3) is 3.53. The Labute approximate surface area is 116 Å². The van der Waals surface area contributed by atoms with Gasteiger partial charge in [-0.3, -0.25) is 0 Å². The van der Waals surface area contributed by atoms with Crippen LogP contribution in [0.15, 0.2) is 22.7 Å². The fourth-order valence-electron chi connectivity index (χ4n) is 2.47. The average Bonchev–Trinajstić information content (AvgIpc) is 2.87. The lowest BCUT2D eigenvalue weighted by Gasteiger charge is -2.23. The first kappa shape index (κ1) is 14.0. The van der Waals surface area contributed by atoms with Crippen LogP contribution in [0.5, 0.6) is 0 Å². The number of likely N-dealkylation sites (N-methyl/N-ethyl adjacent to an activating group) is 1. The van der Waals surface area contributed by atoms with E-state index in [-0.39, 0.29) is 5.82 Å². The average molecular weight is 316 g/mol. The number of hydrogen-bond acceptors (Lipinski definition) is 2. The second kappa shape index (κ2) is 6.64. The van der Waals surface area contributed by atoms with Gasteiger partial charge in [0.25, 0.3) is 0 Å². The molecule has 1 fully saturated rings. The molecule has 0 radical (unpaired) electrons. The molecule has 0 saturated carbocycles. The highest BCUT2D eigenvalue weighted by atomic mass is 79.9. The number of nitrogens with one attached hydrogen (secondary N) is 1. The Morgan fingerprint density at radius 1 is 1.56 bits per heavy atom. The summed E-state index contributed by atoms with van der Waals surface area (Å²) in [7, 11) is 0. The van der Waals surface area contributed by atoms with Crippen LogP contribution >= 0.6 is 15.9 Å². The van der Waals surface area contributed by atoms with Crippen LogP contribution in [0, 0.1) is 11.7 Å². The highest BCUT2D eigenvalue weighted by molar-refractivity contribution is 9.10. The minimum absolute atomic E-state index is 0.125. The Balaban J connectivity index is 2.09. The Kier molecular flexibility index (Phi) is 5.15. The van der Waals surface area contributed by atoms with Crippen molar-refractivity contribution in [1.29, 1.82) is 0 Å². The third-order valence-corrected chi connectivity index (χ3v) is 3.94. The highest BCUT2D eigenvalue weighted by Crippen LogP contribution is 2.23. The van der Waals surface area contributed by atoms with E-state index in [2.05, 4.69) is 28.2 Å². The predicted molar refractivity (Wildman–Crippen MR) is 74.2 cm³/mol. The number of halogens is 2. The van der Waals surface area contributed by atoms with Crippen LogP contribution in [-0.2, 0) is 11.2 Å². The zero-order valence-electron chi connectivity index (χ0n) is 10.6. The van der Waals surface area contributed by atoms with E-state index in [1.165, 1.54) is 6.07 Å². The molecule has 4 heteroatoms. The Bertz CT molecular complexity index is 393. The van der Waals surface area contributed by atoms with Crippen molar-refractivity contribution in [3.8, 4) is 0 Å². The summed E-state index contributed by atoms with van der Waals surface area (Å²) in [6.07, 6.45) is 1.78. The van der Waals surface area contributed by atoms with Crippen LogP contribution in [0.25, 0.3) is 0 Å². The van der Waals surface area contributed by atoms with Crippen molar-refractivity contribution in [3.63, 3.8) is 0 Å². The lowest BCUT2D eigenvalue weighted by atomic mass is 9.92. The largest absolute Gasteiger partial charge is 0.381 e. The third-order valence-electron chi connectivity index (χ3n) is 3.45. The molecule has 1 aliphatic heterocycles. The molecule has 100 valence electrons. The smallest absolute Gasteiger partial charge is 0.126 e. The Morgan fingerprint density at radius 3 is 3.06 bits per heavy atom. The fourth-order valence-corrected chi connectivity index (χ4v) is 2.88. The molecule has 0 spiro atoms. The van der Waals surface area contributed by atoms with Gasteiger partial charge in [0.05, 0.1) is 6.61 Å². The lowest BCUT2D eigenvalue weighted by molar-refractivity contribution is 0.176. The van der Waals surface area contributed by atoms with E-state index in [9.17, 15) is 4.39 Å². The normalized spacial score (nSPS) is 21.2. The van der Waals surface area contributed by atoms with Crippen molar-refractivity contribution in [2.24, 2.45) is 5.92 Å². The van der Waals surface area contributed by atoms with E-state index >= 15 is 0 Å². The molecule has 1 saturated heterocycles. The molecular weight excluding hydrogens is 297 g/mol. The zero-order valence-corrected chi connectivity index (χ0v) is 12.2. The summed E-state index contributed by atoms with van der Waals surface area (Å²) in [5, 5.41) is 3.46. The summed E-state index contributed by atoms with van der Waals surface area (Å²) in [5.41, 5.74) is 0.766. The van der Waals surface area contributed by atoms with Gasteiger partial charge in [-0.2, -0.15) is 0 Å². The van der Waals surface area contributed by atoms with Crippen molar-refractivity contribution >= 4 is 15.9 Å². The maximum atomic E-state index is 13.8. The molecule has 1 aromatic rings. The molecule has 1 heterocycles. The summed E-state index contributed by atoms with van der Waals surface area (Å²) >= 11 is 3.40. The van der Waals surface area contributed by atoms with Gasteiger partial charge < -0.3 is 10.1 Å². The van der Waals surface area contributed by atoms with Crippen molar-refractivity contribution in [2.45, 2.75) is 25.8 Å². The number of rotatable bonds is 5. The maximum absolute atomic E-state index is 13.8. The maximum Gasteiger partial charge on any atom is 0.126 e. The van der Waals surface area contributed by atoms with E-state index in [4.69, 9.17) is 4.74 Å². The topological polar surface area (TPSA) is 21.3 Å². The van der Waals surface area contributed by atoms with Gasteiger partial charge in [0.15, 0.2) is 0 Å². The molecule has 2 rings (SSSR count). The van der Waals surface area contributed by atoms with Gasteiger partial charge >= 0.3 is 0 Å². The van der Waals surface area contributed by atoms with E-state index in [1.807, 2.05) is 6.07 Å². The number of ether oxygens (including phenoxy) is 1. The van der Waals surface area contributed by atoms with Crippen LogP contribution in [0.3, 0.4) is 0 Å². The molecule has 0 aliphatic carbocycles. The van der Waals surface area contributed by atoms with Gasteiger partial charge in [-0.1, -0.05) is 22.9 Å². The summed E-state index contributed by atoms with van der Waals surface area (Å²) in [4.78, 5) is 0. The molecule has 2 atom stereocenters. The fraction of sp³-hybridized carbons (Fsp3) is 0.571. The minimum Gasteiger partial charge on any atom is -0.381 e. The summed E-state index contributed by atoms with van der Waals surface area (Å²) in [6, 6.07) is 5.42. The van der Waals surface area contributed by atoms with Gasteiger partial charge in [0.1, 0.15) is 5.82 Å². The molecule has 1 aliphatic rings. The molecule has 2 unspecified atom stereocenters. The molecule has 2 nitrogen and oxygen atoms in total. The standard InChI is InChI=1S/C14H19BrFNO/c1-2-17-14(10-5-6-18-9-10)8-11-7-12(15)3-4-13(11)16/h3-4,7,10,14,17H,2,5-6,8-9H2,1H3. The van der Waals surface area contributed by atoms with E-state index in [0.717, 1.165) is 36.2 Å². The quantitative estimate of drug-likeness (QED) is 0.901. The van der Waals surface area contributed by atoms with E-state index < -0.39 is 0 Å². The van der Waals surface area contributed by atoms with Gasteiger partial charge in [0.2, 0.25) is 0 Å². The number of hydrogen-bond donors (Lipinski definition) is 1. The summed E-state index contributed by atoms with van der Waals surface area (Å²) < 4.78 is 20.1. The van der Waals surface area contributed by atoms with Crippen LogP contribution in [0.2, 0.25) is 0 Å². The molecule has 0 bridgehead atoms. The zero-order chi connectivity index (χ0) is 13.0. The van der Waals surface area contributed by atoms with Crippen LogP contribution < -0.4 is 5.32 Å². The monoisotopic (exact) mass is 315 g/mol. The van der Waals surface area contributed by atoms with Crippen LogP contribution in [0.1, 0.15) is 18.9 Å². The van der Waals surface area contributed by atoms with Crippen molar-refractivity contribution < 1.29 is 9.13 Å². The highest BCUT2D eigenvalue weighted by Gasteiger charge is 2.26. The van der Waals surface area contributed by atoms with Crippen LogP contribution in [0.4, 0.5) is 4.39 Å². The van der Waals surface area contributed by atoms with E-state index in [0.29, 0.717) is 18.4 Å². The predicted octanol–water partition coefficient (Wildman–Crippen LogP) is 3.15. The Morgan fingerprint density at radius 2 is 2.39 bits per heavy atom. The molecular formula is C14H19BrFNO. The molecule has 18 heavy (non-hydrogen) atoms. The minimum atomic E-state index is -0.125. The molecule has 1 aromatic carbocycles. The summed E-state index contributed by atoms with van der Waals surface area (Å²) in [6.45, 7) is 4.59. The van der Waals surface area contributed by atoms with E-state index in [1.54, 1.807) is 6.07 Å².